The zero-order valence-electron chi connectivity index (χ0n) is 17.4. The average molecular weight is 401 g/mol. The van der Waals surface area contributed by atoms with E-state index in [1.54, 1.807) is 31.3 Å². The number of halogens is 1. The molecule has 4 nitrogen and oxygen atoms in total. The summed E-state index contributed by atoms with van der Waals surface area (Å²) in [6.45, 7) is 5.78. The molecule has 1 heterocycles. The molecule has 3 rings (SSSR count). The highest BCUT2D eigenvalue weighted by Crippen LogP contribution is 2.25. The van der Waals surface area contributed by atoms with Crippen LogP contribution in [0.1, 0.15) is 63.8 Å². The second-order valence-corrected chi connectivity index (χ2v) is 7.21. The largest absolute Gasteiger partial charge is 0.339 e. The van der Waals surface area contributed by atoms with E-state index >= 15 is 0 Å². The Kier molecular flexibility index (Phi) is 6.58. The lowest BCUT2D eigenvalue weighted by Gasteiger charge is -2.20. The first-order valence-electron chi connectivity index (χ1n) is 10.0. The van der Waals surface area contributed by atoms with Gasteiger partial charge in [0.05, 0.1) is 17.7 Å². The van der Waals surface area contributed by atoms with Crippen LogP contribution >= 0.6 is 0 Å². The number of aromatic nitrogens is 1. The van der Waals surface area contributed by atoms with Crippen LogP contribution in [0.25, 0.3) is 0 Å². The minimum atomic E-state index is -0.731. The number of nitriles is 1. The Labute approximate surface area is 176 Å². The van der Waals surface area contributed by atoms with Crippen molar-refractivity contribution in [2.45, 2.75) is 39.7 Å². The topological polar surface area (TPSA) is 65.8 Å². The predicted molar refractivity (Wildman–Crippen MR) is 115 cm³/mol. The number of amides is 1. The molecule has 0 unspecified atom stereocenters. The fourth-order valence-electron chi connectivity index (χ4n) is 3.29. The first-order valence-corrected chi connectivity index (χ1v) is 10.0. The number of nitrogens with zero attached hydrogens (tertiary/aromatic N) is 2. The lowest BCUT2D eigenvalue weighted by molar-refractivity contribution is 0.0941. The molecule has 0 fully saturated rings. The lowest BCUT2D eigenvalue weighted by atomic mass is 9.99. The molecule has 1 N–H and O–H groups in total. The highest BCUT2D eigenvalue weighted by Gasteiger charge is 2.23. The number of nitrogens with one attached hydrogen (secondary N) is 1. The maximum atomic E-state index is 14.9. The van der Waals surface area contributed by atoms with Crippen molar-refractivity contribution in [1.82, 2.24) is 10.3 Å². The first-order chi connectivity index (χ1) is 14.5. The van der Waals surface area contributed by atoms with Gasteiger partial charge in [-0.15, -0.1) is 0 Å². The van der Waals surface area contributed by atoms with E-state index in [-0.39, 0.29) is 11.6 Å². The maximum Gasteiger partial charge on any atom is 0.252 e. The van der Waals surface area contributed by atoms with Crippen molar-refractivity contribution >= 4 is 5.91 Å². The summed E-state index contributed by atoms with van der Waals surface area (Å²) >= 11 is 0. The van der Waals surface area contributed by atoms with Crippen LogP contribution in [-0.4, -0.2) is 10.9 Å². The Morgan fingerprint density at radius 3 is 2.37 bits per heavy atom. The molecule has 0 radical (unpaired) electrons. The number of hydrogen-bond acceptors (Lipinski definition) is 3. The van der Waals surface area contributed by atoms with E-state index in [4.69, 9.17) is 5.26 Å². The third-order valence-electron chi connectivity index (χ3n) is 5.21. The van der Waals surface area contributed by atoms with Gasteiger partial charge < -0.3 is 5.32 Å². The Morgan fingerprint density at radius 2 is 1.80 bits per heavy atom. The molecule has 3 aromatic rings. The molecule has 2 aromatic carbocycles. The fourth-order valence-corrected chi connectivity index (χ4v) is 3.29. The summed E-state index contributed by atoms with van der Waals surface area (Å²) in [5.74, 6) is -0.803. The van der Waals surface area contributed by atoms with Gasteiger partial charge in [-0.2, -0.15) is 5.26 Å². The molecule has 0 aliphatic heterocycles. The molecule has 30 heavy (non-hydrogen) atoms. The van der Waals surface area contributed by atoms with Crippen molar-refractivity contribution in [1.29, 1.82) is 5.26 Å². The van der Waals surface area contributed by atoms with Gasteiger partial charge in [0, 0.05) is 11.8 Å². The van der Waals surface area contributed by atoms with E-state index in [0.29, 0.717) is 23.1 Å². The summed E-state index contributed by atoms with van der Waals surface area (Å²) in [5.41, 5.74) is 4.52. The van der Waals surface area contributed by atoms with E-state index < -0.39 is 11.9 Å². The third kappa shape index (κ3) is 4.55. The van der Waals surface area contributed by atoms with Gasteiger partial charge in [-0.1, -0.05) is 38.1 Å². The third-order valence-corrected chi connectivity index (χ3v) is 5.21. The van der Waals surface area contributed by atoms with Gasteiger partial charge in [-0.25, -0.2) is 4.39 Å². The number of carbonyl (C=O) groups excluding carboxylic acids is 1. The summed E-state index contributed by atoms with van der Waals surface area (Å²) in [6, 6.07) is 15.4. The monoisotopic (exact) mass is 401 g/mol. The highest BCUT2D eigenvalue weighted by molar-refractivity contribution is 5.95. The molecule has 5 heteroatoms. The molecule has 1 amide bonds. The average Bonchev–Trinajstić information content (AvgIpc) is 2.77. The van der Waals surface area contributed by atoms with Crippen LogP contribution in [0.15, 0.2) is 54.7 Å². The molecule has 0 saturated carbocycles. The molecule has 0 aliphatic carbocycles. The van der Waals surface area contributed by atoms with Crippen molar-refractivity contribution in [3.05, 3.63) is 99.6 Å². The van der Waals surface area contributed by atoms with Crippen molar-refractivity contribution in [2.24, 2.45) is 0 Å². The molecule has 0 bridgehead atoms. The Bertz CT molecular complexity index is 1100. The fraction of sp³-hybridized carbons (Fsp3) is 0.240. The standard InChI is InChI=1S/C25H24FN3O/c1-4-17-6-8-19(9-7-17)23(24-22(26)13-18(5-2)15-28-24)29-25(30)20-10-11-21(14-27)16(3)12-20/h6-13,15,23H,4-5H2,1-3H3,(H,29,30)/t23-/m1/s1. The van der Waals surface area contributed by atoms with Gasteiger partial charge in [-0.05, 0) is 66.3 Å². The van der Waals surface area contributed by atoms with Gasteiger partial charge in [0.2, 0.25) is 0 Å². The van der Waals surface area contributed by atoms with Crippen LogP contribution in [0.5, 0.6) is 0 Å². The molecular formula is C25H24FN3O. The van der Waals surface area contributed by atoms with Crippen LogP contribution in [0.2, 0.25) is 0 Å². The highest BCUT2D eigenvalue weighted by atomic mass is 19.1. The molecule has 0 aliphatic rings. The Balaban J connectivity index is 1.99. The minimum absolute atomic E-state index is 0.176. The van der Waals surface area contributed by atoms with E-state index in [0.717, 1.165) is 23.1 Å². The zero-order valence-corrected chi connectivity index (χ0v) is 17.4. The van der Waals surface area contributed by atoms with Crippen molar-refractivity contribution < 1.29 is 9.18 Å². The summed E-state index contributed by atoms with van der Waals surface area (Å²) in [6.07, 6.45) is 3.21. The van der Waals surface area contributed by atoms with E-state index in [1.165, 1.54) is 6.07 Å². The molecule has 0 saturated heterocycles. The van der Waals surface area contributed by atoms with Crippen molar-refractivity contribution in [3.8, 4) is 6.07 Å². The number of pyridine rings is 1. The van der Waals surface area contributed by atoms with Crippen LogP contribution in [0.3, 0.4) is 0 Å². The number of aryl methyl sites for hydroxylation is 3. The molecule has 1 atom stereocenters. The van der Waals surface area contributed by atoms with Crippen LogP contribution in [-0.2, 0) is 12.8 Å². The SMILES string of the molecule is CCc1ccc([C@@H](NC(=O)c2ccc(C#N)c(C)c2)c2ncc(CC)cc2F)cc1. The number of rotatable bonds is 6. The smallest absolute Gasteiger partial charge is 0.252 e. The normalized spacial score (nSPS) is 11.6. The minimum Gasteiger partial charge on any atom is -0.339 e. The van der Waals surface area contributed by atoms with Gasteiger partial charge in [0.25, 0.3) is 5.91 Å². The molecule has 0 spiro atoms. The van der Waals surface area contributed by atoms with Crippen LogP contribution < -0.4 is 5.32 Å². The summed E-state index contributed by atoms with van der Waals surface area (Å²) in [5, 5.41) is 12.0. The molecule has 1 aromatic heterocycles. The van der Waals surface area contributed by atoms with Crippen LogP contribution in [0.4, 0.5) is 4.39 Å². The number of carbonyl (C=O) groups is 1. The summed E-state index contributed by atoms with van der Waals surface area (Å²) in [7, 11) is 0. The van der Waals surface area contributed by atoms with Gasteiger partial charge >= 0.3 is 0 Å². The van der Waals surface area contributed by atoms with E-state index in [2.05, 4.69) is 23.3 Å². The molecular weight excluding hydrogens is 377 g/mol. The lowest BCUT2D eigenvalue weighted by Crippen LogP contribution is -2.30. The van der Waals surface area contributed by atoms with Crippen molar-refractivity contribution in [3.63, 3.8) is 0 Å². The van der Waals surface area contributed by atoms with E-state index in [1.807, 2.05) is 31.2 Å². The molecule has 152 valence electrons. The van der Waals surface area contributed by atoms with Gasteiger partial charge in [0.15, 0.2) is 0 Å². The van der Waals surface area contributed by atoms with Gasteiger partial charge in [0.1, 0.15) is 11.5 Å². The maximum absolute atomic E-state index is 14.9. The first kappa shape index (κ1) is 21.2. The second kappa shape index (κ2) is 9.32. The number of benzene rings is 2. The van der Waals surface area contributed by atoms with Gasteiger partial charge in [-0.3, -0.25) is 9.78 Å². The Morgan fingerprint density at radius 1 is 1.10 bits per heavy atom. The summed E-state index contributed by atoms with van der Waals surface area (Å²) in [4.78, 5) is 17.3. The summed E-state index contributed by atoms with van der Waals surface area (Å²) < 4.78 is 14.9. The second-order valence-electron chi connectivity index (χ2n) is 7.21. The quantitative estimate of drug-likeness (QED) is 0.629. The zero-order chi connectivity index (χ0) is 21.7. The predicted octanol–water partition coefficient (Wildman–Crippen LogP) is 5.05. The van der Waals surface area contributed by atoms with Crippen LogP contribution in [0, 0.1) is 24.1 Å². The Hall–Kier alpha value is -3.52. The number of hydrogen-bond donors (Lipinski definition) is 1. The van der Waals surface area contributed by atoms with E-state index in [9.17, 15) is 9.18 Å². The van der Waals surface area contributed by atoms with Crippen molar-refractivity contribution in [2.75, 3.05) is 0 Å².